The minimum Gasteiger partial charge on any atom is -0.445 e. The molecule has 0 bridgehead atoms. The first kappa shape index (κ1) is 26.0. The van der Waals surface area contributed by atoms with Crippen molar-refractivity contribution in [3.8, 4) is 0 Å². The third-order valence-electron chi connectivity index (χ3n) is 6.27. The number of likely N-dealkylation sites (tertiary alicyclic amines) is 1. The summed E-state index contributed by atoms with van der Waals surface area (Å²) in [6.45, 7) is 1.34. The van der Waals surface area contributed by atoms with Crippen LogP contribution in [0.5, 0.6) is 0 Å². The van der Waals surface area contributed by atoms with Gasteiger partial charge in [-0.15, -0.1) is 0 Å². The number of carbonyl (C=O) groups excluding carboxylic acids is 3. The van der Waals surface area contributed by atoms with Crippen LogP contribution in [0.3, 0.4) is 0 Å². The Kier molecular flexibility index (Phi) is 8.53. The summed E-state index contributed by atoms with van der Waals surface area (Å²) in [4.78, 5) is 37.9. The quantitative estimate of drug-likeness (QED) is 0.522. The Balaban J connectivity index is 1.29. The molecule has 0 saturated carbocycles. The van der Waals surface area contributed by atoms with Gasteiger partial charge >= 0.3 is 12.2 Å². The zero-order valence-electron chi connectivity index (χ0n) is 19.4. The number of ether oxygens (including phenoxy) is 2. The van der Waals surface area contributed by atoms with E-state index in [0.29, 0.717) is 37.2 Å². The number of hydrogen-bond acceptors (Lipinski definition) is 5. The highest BCUT2D eigenvalue weighted by Gasteiger charge is 2.34. The van der Waals surface area contributed by atoms with E-state index in [2.05, 4.69) is 5.32 Å². The summed E-state index contributed by atoms with van der Waals surface area (Å²) in [6.07, 6.45) is -0.406. The molecule has 1 N–H and O–H groups in total. The molecule has 0 spiro atoms. The van der Waals surface area contributed by atoms with Crippen LogP contribution >= 0.6 is 23.2 Å². The van der Waals surface area contributed by atoms with Gasteiger partial charge in [-0.1, -0.05) is 59.6 Å². The molecule has 2 aliphatic heterocycles. The fourth-order valence-electron chi connectivity index (χ4n) is 4.33. The lowest BCUT2D eigenvalue weighted by Crippen LogP contribution is -2.38. The first-order valence-corrected chi connectivity index (χ1v) is 12.5. The molecule has 0 radical (unpaired) electrons. The van der Waals surface area contributed by atoms with E-state index in [9.17, 15) is 14.4 Å². The van der Waals surface area contributed by atoms with Crippen LogP contribution < -0.4 is 10.2 Å². The number of piperidine rings is 1. The Bertz CT molecular complexity index is 1100. The highest BCUT2D eigenvalue weighted by atomic mass is 35.5. The number of halogens is 3. The van der Waals surface area contributed by atoms with Gasteiger partial charge in [-0.05, 0) is 42.0 Å². The average molecular weight is 538 g/mol. The highest BCUT2D eigenvalue weighted by molar-refractivity contribution is 6.53. The van der Waals surface area contributed by atoms with Gasteiger partial charge < -0.3 is 19.7 Å². The van der Waals surface area contributed by atoms with Gasteiger partial charge in [0.05, 0.1) is 18.8 Å². The Morgan fingerprint density at radius 2 is 1.86 bits per heavy atom. The van der Waals surface area contributed by atoms with Gasteiger partial charge in [0.2, 0.25) is 0 Å². The third kappa shape index (κ3) is 6.39. The second-order valence-electron chi connectivity index (χ2n) is 8.67. The molecule has 2 aromatic rings. The summed E-state index contributed by atoms with van der Waals surface area (Å²) in [5.74, 6) is -1.06. The molecule has 0 aromatic heterocycles. The molecule has 4 rings (SSSR count). The Morgan fingerprint density at radius 1 is 1.14 bits per heavy atom. The molecule has 2 fully saturated rings. The van der Waals surface area contributed by atoms with Gasteiger partial charge in [0.25, 0.3) is 5.91 Å². The van der Waals surface area contributed by atoms with E-state index >= 15 is 4.39 Å². The van der Waals surface area contributed by atoms with Crippen molar-refractivity contribution in [1.82, 2.24) is 10.2 Å². The molecule has 2 aromatic carbocycles. The van der Waals surface area contributed by atoms with Crippen molar-refractivity contribution in [2.75, 3.05) is 31.1 Å². The van der Waals surface area contributed by atoms with Gasteiger partial charge in [-0.2, -0.15) is 0 Å². The minimum absolute atomic E-state index is 0.0456. The lowest BCUT2D eigenvalue weighted by atomic mass is 9.89. The van der Waals surface area contributed by atoms with Crippen LogP contribution in [0.25, 0.3) is 0 Å². The normalized spacial score (nSPS) is 18.3. The first-order valence-electron chi connectivity index (χ1n) is 11.6. The van der Waals surface area contributed by atoms with Crippen molar-refractivity contribution in [1.29, 1.82) is 0 Å². The van der Waals surface area contributed by atoms with Gasteiger partial charge in [0, 0.05) is 13.1 Å². The Hall–Kier alpha value is -3.04. The number of nitrogens with zero attached hydrogens (tertiary/aromatic N) is 2. The maximum Gasteiger partial charge on any atom is 0.414 e. The minimum atomic E-state index is -1.22. The van der Waals surface area contributed by atoms with Crippen LogP contribution in [0, 0.1) is 5.82 Å². The fraction of sp³-hybridized carbons (Fsp3) is 0.400. The number of carbonyl (C=O) groups is 3. The second-order valence-corrected chi connectivity index (χ2v) is 9.77. The first-order chi connectivity index (χ1) is 17.3. The van der Waals surface area contributed by atoms with Gasteiger partial charge in [-0.3, -0.25) is 9.69 Å². The van der Waals surface area contributed by atoms with E-state index in [-0.39, 0.29) is 31.7 Å². The summed E-state index contributed by atoms with van der Waals surface area (Å²) in [7, 11) is 0. The van der Waals surface area contributed by atoms with Crippen LogP contribution in [0.1, 0.15) is 29.9 Å². The van der Waals surface area contributed by atoms with Crippen molar-refractivity contribution < 1.29 is 28.2 Å². The second kappa shape index (κ2) is 11.8. The molecule has 1 atom stereocenters. The molecular weight excluding hydrogens is 512 g/mol. The van der Waals surface area contributed by atoms with E-state index in [0.717, 1.165) is 5.56 Å². The molecule has 192 valence electrons. The SMILES string of the molecule is O=C(NCC1CN(c2ccc(C3CCN(C(=O)OCc4ccccc4)CC3)c(F)c2)C(=O)O1)C(Cl)Cl. The summed E-state index contributed by atoms with van der Waals surface area (Å²) >= 11 is 11.0. The van der Waals surface area contributed by atoms with Crippen molar-refractivity contribution in [3.63, 3.8) is 0 Å². The number of cyclic esters (lactones) is 1. The monoisotopic (exact) mass is 537 g/mol. The number of anilines is 1. The molecule has 0 aliphatic carbocycles. The van der Waals surface area contributed by atoms with E-state index in [1.165, 1.54) is 11.0 Å². The van der Waals surface area contributed by atoms with E-state index in [4.69, 9.17) is 32.7 Å². The van der Waals surface area contributed by atoms with Crippen molar-refractivity contribution in [3.05, 3.63) is 65.5 Å². The standard InChI is InChI=1S/C25H26Cl2FN3O5/c26-22(27)23(32)29-13-19-14-31(25(34)36-19)18-6-7-20(21(28)12-18)17-8-10-30(11-9-17)24(33)35-15-16-4-2-1-3-5-16/h1-7,12,17,19,22H,8-11,13-15H2,(H,29,32). The number of benzene rings is 2. The molecule has 1 unspecified atom stereocenters. The number of alkyl halides is 2. The van der Waals surface area contributed by atoms with Crippen molar-refractivity contribution in [2.45, 2.75) is 36.3 Å². The Labute approximate surface area is 218 Å². The van der Waals surface area contributed by atoms with Gasteiger partial charge in [0.15, 0.2) is 4.84 Å². The lowest BCUT2D eigenvalue weighted by molar-refractivity contribution is -0.119. The third-order valence-corrected chi connectivity index (χ3v) is 6.67. The number of hydrogen-bond donors (Lipinski definition) is 1. The molecule has 3 amide bonds. The fourth-order valence-corrected chi connectivity index (χ4v) is 4.48. The molecule has 8 nitrogen and oxygen atoms in total. The smallest absolute Gasteiger partial charge is 0.414 e. The molecule has 2 aliphatic rings. The maximum atomic E-state index is 15.0. The molecule has 2 heterocycles. The van der Waals surface area contributed by atoms with Crippen LogP contribution in [-0.4, -0.2) is 60.1 Å². The van der Waals surface area contributed by atoms with Gasteiger partial charge in [0.1, 0.15) is 18.5 Å². The van der Waals surface area contributed by atoms with Crippen LogP contribution in [0.4, 0.5) is 19.7 Å². The summed E-state index contributed by atoms with van der Waals surface area (Å²) < 4.78 is 25.7. The topological polar surface area (TPSA) is 88.2 Å². The average Bonchev–Trinajstić information content (AvgIpc) is 3.26. The summed E-state index contributed by atoms with van der Waals surface area (Å²) in [5.41, 5.74) is 1.83. The van der Waals surface area contributed by atoms with E-state index in [1.54, 1.807) is 17.0 Å². The zero-order valence-corrected chi connectivity index (χ0v) is 20.9. The molecule has 2 saturated heterocycles. The summed E-state index contributed by atoms with van der Waals surface area (Å²) in [5, 5.41) is 2.49. The van der Waals surface area contributed by atoms with Crippen molar-refractivity contribution >= 4 is 47.0 Å². The molecule has 11 heteroatoms. The van der Waals surface area contributed by atoms with E-state index < -0.39 is 28.8 Å². The largest absolute Gasteiger partial charge is 0.445 e. The van der Waals surface area contributed by atoms with Crippen LogP contribution in [-0.2, 0) is 20.9 Å². The highest BCUT2D eigenvalue weighted by Crippen LogP contribution is 2.33. The predicted octanol–water partition coefficient (Wildman–Crippen LogP) is 4.59. The van der Waals surface area contributed by atoms with Crippen LogP contribution in [0.15, 0.2) is 48.5 Å². The predicted molar refractivity (Wildman–Crippen MR) is 133 cm³/mol. The number of rotatable bonds is 7. The van der Waals surface area contributed by atoms with Crippen LogP contribution in [0.2, 0.25) is 0 Å². The number of amides is 3. The zero-order chi connectivity index (χ0) is 25.7. The van der Waals surface area contributed by atoms with Gasteiger partial charge in [-0.25, -0.2) is 14.0 Å². The Morgan fingerprint density at radius 3 is 2.53 bits per heavy atom. The summed E-state index contributed by atoms with van der Waals surface area (Å²) in [6, 6.07) is 14.1. The lowest BCUT2D eigenvalue weighted by Gasteiger charge is -2.31. The molecular formula is C25H26Cl2FN3O5. The van der Waals surface area contributed by atoms with Crippen molar-refractivity contribution in [2.24, 2.45) is 0 Å². The van der Waals surface area contributed by atoms with E-state index in [1.807, 2.05) is 30.3 Å². The number of nitrogens with one attached hydrogen (secondary N) is 1. The molecule has 36 heavy (non-hydrogen) atoms. The maximum absolute atomic E-state index is 15.0.